The van der Waals surface area contributed by atoms with E-state index in [2.05, 4.69) is 0 Å². The fourth-order valence-electron chi connectivity index (χ4n) is 4.51. The summed E-state index contributed by atoms with van der Waals surface area (Å²) in [6, 6.07) is 15.7. The molecule has 0 aliphatic carbocycles. The first-order valence-electron chi connectivity index (χ1n) is 12.2. The minimum Gasteiger partial charge on any atom is -0.374 e. The van der Waals surface area contributed by atoms with Crippen LogP contribution in [0.1, 0.15) is 32.7 Å². The molecule has 0 bridgehead atoms. The Hall–Kier alpha value is -2.70. The van der Waals surface area contributed by atoms with Crippen LogP contribution in [0.2, 0.25) is 0 Å². The Morgan fingerprint density at radius 3 is 2.08 bits per heavy atom. The number of ether oxygens (including phenoxy) is 7. The van der Waals surface area contributed by atoms with Crippen LogP contribution in [0.5, 0.6) is 0 Å². The van der Waals surface area contributed by atoms with Crippen LogP contribution in [0.4, 0.5) is 0 Å². The van der Waals surface area contributed by atoms with Crippen molar-refractivity contribution in [3.8, 4) is 0 Å². The van der Waals surface area contributed by atoms with E-state index in [9.17, 15) is 9.59 Å². The second-order valence-corrected chi connectivity index (χ2v) is 8.65. The van der Waals surface area contributed by atoms with Gasteiger partial charge in [-0.2, -0.15) is 0 Å². The number of nitrogens with zero attached hydrogens (tertiary/aromatic N) is 1. The zero-order valence-corrected chi connectivity index (χ0v) is 21.1. The molecule has 0 saturated carbocycles. The van der Waals surface area contributed by atoms with E-state index in [1.54, 1.807) is 24.3 Å². The van der Waals surface area contributed by atoms with Gasteiger partial charge in [0.05, 0.1) is 43.6 Å². The van der Waals surface area contributed by atoms with Gasteiger partial charge in [-0.25, -0.2) is 0 Å². The lowest BCUT2D eigenvalue weighted by Crippen LogP contribution is -2.55. The molecule has 2 amide bonds. The van der Waals surface area contributed by atoms with Crippen molar-refractivity contribution in [2.24, 2.45) is 0 Å². The van der Waals surface area contributed by atoms with E-state index in [-0.39, 0.29) is 26.6 Å². The lowest BCUT2D eigenvalue weighted by Gasteiger charge is -2.38. The Morgan fingerprint density at radius 2 is 1.46 bits per heavy atom. The van der Waals surface area contributed by atoms with Gasteiger partial charge >= 0.3 is 0 Å². The summed E-state index contributed by atoms with van der Waals surface area (Å²) in [5.41, 5.74) is 1.67. The largest absolute Gasteiger partial charge is 0.374 e. The molecule has 0 aromatic heterocycles. The number of imide groups is 1. The van der Waals surface area contributed by atoms with Crippen LogP contribution in [-0.2, 0) is 39.8 Å². The van der Waals surface area contributed by atoms with Gasteiger partial charge < -0.3 is 33.2 Å². The number of carbonyl (C=O) groups excluding carboxylic acids is 2. The van der Waals surface area contributed by atoms with E-state index in [0.717, 1.165) is 5.56 Å². The molecule has 2 aliphatic rings. The highest BCUT2D eigenvalue weighted by molar-refractivity contribution is 6.21. The van der Waals surface area contributed by atoms with Crippen molar-refractivity contribution in [1.29, 1.82) is 0 Å². The SMILES string of the molecule is COCO[C@H]([C@H](COCc1ccccc1)OCOC)[C@H](CC1OCCO1)N1C(=O)c2ccccc2C1=O. The Kier molecular flexibility index (Phi) is 10.1. The average Bonchev–Trinajstić information content (AvgIpc) is 3.53. The maximum atomic E-state index is 13.5. The monoisotopic (exact) mass is 515 g/mol. The number of hydrogen-bond donors (Lipinski definition) is 0. The average molecular weight is 516 g/mol. The van der Waals surface area contributed by atoms with E-state index in [0.29, 0.717) is 30.9 Å². The predicted molar refractivity (Wildman–Crippen MR) is 131 cm³/mol. The number of amides is 2. The van der Waals surface area contributed by atoms with Crippen molar-refractivity contribution in [2.75, 3.05) is 47.6 Å². The van der Waals surface area contributed by atoms with Crippen molar-refractivity contribution in [2.45, 2.75) is 37.6 Å². The van der Waals surface area contributed by atoms with Gasteiger partial charge in [-0.1, -0.05) is 42.5 Å². The molecule has 0 spiro atoms. The summed E-state index contributed by atoms with van der Waals surface area (Å²) in [4.78, 5) is 28.2. The van der Waals surface area contributed by atoms with Gasteiger partial charge in [0.1, 0.15) is 25.8 Å². The maximum absolute atomic E-state index is 13.5. The van der Waals surface area contributed by atoms with Gasteiger partial charge in [-0.3, -0.25) is 14.5 Å². The topological polar surface area (TPSA) is 102 Å². The molecule has 2 aromatic carbocycles. The number of benzene rings is 2. The summed E-state index contributed by atoms with van der Waals surface area (Å²) in [5, 5.41) is 0. The van der Waals surface area contributed by atoms with Crippen molar-refractivity contribution < 1.29 is 42.7 Å². The zero-order chi connectivity index (χ0) is 26.0. The van der Waals surface area contributed by atoms with E-state index in [1.807, 2.05) is 30.3 Å². The van der Waals surface area contributed by atoms with E-state index in [4.69, 9.17) is 33.2 Å². The Morgan fingerprint density at radius 1 is 0.865 bits per heavy atom. The molecule has 10 heteroatoms. The van der Waals surface area contributed by atoms with Gasteiger partial charge in [0.15, 0.2) is 6.29 Å². The fourth-order valence-corrected chi connectivity index (χ4v) is 4.51. The normalized spacial score (nSPS) is 18.3. The van der Waals surface area contributed by atoms with Gasteiger partial charge in [-0.15, -0.1) is 0 Å². The molecule has 0 unspecified atom stereocenters. The smallest absolute Gasteiger partial charge is 0.261 e. The van der Waals surface area contributed by atoms with E-state index >= 15 is 0 Å². The molecule has 2 aliphatic heterocycles. The molecular weight excluding hydrogens is 482 g/mol. The van der Waals surface area contributed by atoms with Crippen LogP contribution < -0.4 is 0 Å². The zero-order valence-electron chi connectivity index (χ0n) is 21.1. The first-order chi connectivity index (χ1) is 18.1. The first kappa shape index (κ1) is 27.3. The van der Waals surface area contributed by atoms with Crippen molar-refractivity contribution in [3.05, 3.63) is 71.3 Å². The molecule has 0 N–H and O–H groups in total. The lowest BCUT2D eigenvalue weighted by atomic mass is 9.99. The molecule has 1 fully saturated rings. The minimum atomic E-state index is -0.833. The number of hydrogen-bond acceptors (Lipinski definition) is 9. The Labute approximate surface area is 216 Å². The molecule has 3 atom stereocenters. The van der Waals surface area contributed by atoms with Gasteiger partial charge in [-0.05, 0) is 17.7 Å². The fraction of sp³-hybridized carbons (Fsp3) is 0.481. The molecule has 2 heterocycles. The van der Waals surface area contributed by atoms with Crippen LogP contribution in [0.3, 0.4) is 0 Å². The molecular formula is C27H33NO9. The van der Waals surface area contributed by atoms with Crippen LogP contribution in [0.15, 0.2) is 54.6 Å². The summed E-state index contributed by atoms with van der Waals surface area (Å²) in [5.74, 6) is -0.824. The van der Waals surface area contributed by atoms with Crippen LogP contribution in [0.25, 0.3) is 0 Å². The van der Waals surface area contributed by atoms with Crippen LogP contribution in [-0.4, -0.2) is 88.9 Å². The second kappa shape index (κ2) is 13.7. The Bertz CT molecular complexity index is 977. The van der Waals surface area contributed by atoms with Gasteiger partial charge in [0.2, 0.25) is 0 Å². The second-order valence-electron chi connectivity index (χ2n) is 8.65. The molecule has 4 rings (SSSR count). The summed E-state index contributed by atoms with van der Waals surface area (Å²) in [7, 11) is 3.00. The first-order valence-corrected chi connectivity index (χ1v) is 12.2. The van der Waals surface area contributed by atoms with E-state index in [1.165, 1.54) is 19.1 Å². The number of methoxy groups -OCH3 is 2. The van der Waals surface area contributed by atoms with Crippen LogP contribution >= 0.6 is 0 Å². The molecule has 1 saturated heterocycles. The highest BCUT2D eigenvalue weighted by Gasteiger charge is 2.47. The summed E-state index contributed by atoms with van der Waals surface area (Å²) in [6.45, 7) is 1.16. The summed E-state index contributed by atoms with van der Waals surface area (Å²) >= 11 is 0. The quantitative estimate of drug-likeness (QED) is 0.262. The Balaban J connectivity index is 1.62. The highest BCUT2D eigenvalue weighted by atomic mass is 16.7. The third-order valence-electron chi connectivity index (χ3n) is 6.20. The number of fused-ring (bicyclic) bond motifs is 1. The third-order valence-corrected chi connectivity index (χ3v) is 6.20. The molecule has 37 heavy (non-hydrogen) atoms. The highest BCUT2D eigenvalue weighted by Crippen LogP contribution is 2.31. The standard InChI is InChI=1S/C27H33NO9/c1-31-17-36-23(16-33-15-19-8-4-3-5-9-19)25(37-18-32-2)22(14-24-34-12-13-35-24)28-26(29)20-10-6-7-11-21(20)27(28)30/h3-11,22-25H,12-18H2,1-2H3/t22-,23-,25-/m0/s1. The molecule has 10 nitrogen and oxygen atoms in total. The lowest BCUT2D eigenvalue weighted by molar-refractivity contribution is -0.192. The maximum Gasteiger partial charge on any atom is 0.261 e. The summed E-state index contributed by atoms with van der Waals surface area (Å²) < 4.78 is 39.8. The predicted octanol–water partition coefficient (Wildman–Crippen LogP) is 2.61. The van der Waals surface area contributed by atoms with Crippen molar-refractivity contribution in [3.63, 3.8) is 0 Å². The van der Waals surface area contributed by atoms with Gasteiger partial charge in [0.25, 0.3) is 11.8 Å². The minimum absolute atomic E-state index is 0.0442. The molecule has 2 aromatic rings. The third kappa shape index (κ3) is 6.79. The van der Waals surface area contributed by atoms with Gasteiger partial charge in [0, 0.05) is 20.6 Å². The van der Waals surface area contributed by atoms with E-state index < -0.39 is 36.4 Å². The van der Waals surface area contributed by atoms with Crippen molar-refractivity contribution in [1.82, 2.24) is 4.90 Å². The number of rotatable bonds is 15. The van der Waals surface area contributed by atoms with Crippen molar-refractivity contribution >= 4 is 11.8 Å². The number of carbonyl (C=O) groups is 2. The van der Waals surface area contributed by atoms with Crippen LogP contribution in [0, 0.1) is 0 Å². The molecule has 200 valence electrons. The molecule has 0 radical (unpaired) electrons. The summed E-state index contributed by atoms with van der Waals surface area (Å²) in [6.07, 6.45) is -1.97.